The van der Waals surface area contributed by atoms with Gasteiger partial charge in [0, 0.05) is 37.0 Å². The SMILES string of the molecule is CCC(C)C(=O)N1CCC2(CC1)OCCc1cc(C(=O)N3CCCC3)sc12. The highest BCUT2D eigenvalue weighted by Crippen LogP contribution is 2.46. The van der Waals surface area contributed by atoms with E-state index in [-0.39, 0.29) is 23.3 Å². The van der Waals surface area contributed by atoms with Crippen molar-refractivity contribution in [2.75, 3.05) is 32.8 Å². The number of amides is 2. The molecule has 3 aliphatic heterocycles. The molecule has 0 aromatic carbocycles. The van der Waals surface area contributed by atoms with Gasteiger partial charge in [-0.05, 0) is 50.2 Å². The zero-order valence-electron chi connectivity index (χ0n) is 16.5. The first-order chi connectivity index (χ1) is 13.0. The fourth-order valence-corrected chi connectivity index (χ4v) is 5.93. The summed E-state index contributed by atoms with van der Waals surface area (Å²) in [6, 6.07) is 2.11. The molecule has 148 valence electrons. The molecule has 3 aliphatic rings. The van der Waals surface area contributed by atoms with Crippen molar-refractivity contribution in [1.29, 1.82) is 0 Å². The van der Waals surface area contributed by atoms with E-state index >= 15 is 0 Å². The van der Waals surface area contributed by atoms with Gasteiger partial charge in [-0.2, -0.15) is 0 Å². The van der Waals surface area contributed by atoms with Crippen molar-refractivity contribution in [1.82, 2.24) is 9.80 Å². The Kier molecular flexibility index (Phi) is 5.30. The molecule has 1 aromatic heterocycles. The number of hydrogen-bond acceptors (Lipinski definition) is 4. The van der Waals surface area contributed by atoms with Gasteiger partial charge in [-0.1, -0.05) is 13.8 Å². The number of ether oxygens (including phenoxy) is 1. The van der Waals surface area contributed by atoms with E-state index in [4.69, 9.17) is 4.74 Å². The number of fused-ring (bicyclic) bond motifs is 2. The van der Waals surface area contributed by atoms with Gasteiger partial charge in [-0.15, -0.1) is 11.3 Å². The molecule has 1 aromatic rings. The summed E-state index contributed by atoms with van der Waals surface area (Å²) in [5, 5.41) is 0. The van der Waals surface area contributed by atoms with Gasteiger partial charge in [0.15, 0.2) is 0 Å². The van der Waals surface area contributed by atoms with Gasteiger partial charge in [0.25, 0.3) is 5.91 Å². The third-order valence-corrected chi connectivity index (χ3v) is 7.84. The van der Waals surface area contributed by atoms with Crippen LogP contribution in [0.15, 0.2) is 6.07 Å². The van der Waals surface area contributed by atoms with E-state index in [0.29, 0.717) is 6.61 Å². The van der Waals surface area contributed by atoms with Crippen LogP contribution < -0.4 is 0 Å². The first-order valence-corrected chi connectivity index (χ1v) is 11.2. The van der Waals surface area contributed by atoms with Crippen LogP contribution in [0.25, 0.3) is 0 Å². The van der Waals surface area contributed by atoms with Gasteiger partial charge in [0.2, 0.25) is 5.91 Å². The minimum atomic E-state index is -0.298. The third-order valence-electron chi connectivity index (χ3n) is 6.49. The lowest BCUT2D eigenvalue weighted by atomic mass is 9.85. The summed E-state index contributed by atoms with van der Waals surface area (Å²) in [5.41, 5.74) is 0.990. The molecule has 6 heteroatoms. The van der Waals surface area contributed by atoms with E-state index in [1.807, 2.05) is 16.7 Å². The molecular weight excluding hydrogens is 360 g/mol. The summed E-state index contributed by atoms with van der Waals surface area (Å²) in [6.07, 6.45) is 5.66. The van der Waals surface area contributed by atoms with Gasteiger partial charge in [-0.25, -0.2) is 0 Å². The summed E-state index contributed by atoms with van der Waals surface area (Å²) in [5.74, 6) is 0.541. The van der Waals surface area contributed by atoms with E-state index in [0.717, 1.165) is 69.6 Å². The number of likely N-dealkylation sites (tertiary alicyclic amines) is 2. The summed E-state index contributed by atoms with van der Waals surface area (Å²) < 4.78 is 6.31. The van der Waals surface area contributed by atoms with Crippen molar-refractivity contribution >= 4 is 23.2 Å². The Labute approximate surface area is 165 Å². The zero-order chi connectivity index (χ0) is 19.0. The molecule has 1 spiro atoms. The second-order valence-corrected chi connectivity index (χ2v) is 9.24. The zero-order valence-corrected chi connectivity index (χ0v) is 17.3. The Balaban J connectivity index is 1.52. The number of carbonyl (C=O) groups excluding carboxylic acids is 2. The fourth-order valence-electron chi connectivity index (χ4n) is 4.55. The van der Waals surface area contributed by atoms with E-state index in [1.54, 1.807) is 11.3 Å². The minimum absolute atomic E-state index is 0.0910. The highest BCUT2D eigenvalue weighted by atomic mass is 32.1. The summed E-state index contributed by atoms with van der Waals surface area (Å²) in [6.45, 7) is 8.05. The lowest BCUT2D eigenvalue weighted by Gasteiger charge is -2.44. The number of nitrogens with zero attached hydrogens (tertiary/aromatic N) is 2. The monoisotopic (exact) mass is 390 g/mol. The molecule has 2 amide bonds. The van der Waals surface area contributed by atoms with E-state index in [2.05, 4.69) is 13.0 Å². The lowest BCUT2D eigenvalue weighted by Crippen LogP contribution is -2.49. The average Bonchev–Trinajstić information content (AvgIpc) is 3.37. The van der Waals surface area contributed by atoms with Crippen LogP contribution in [0, 0.1) is 5.92 Å². The van der Waals surface area contributed by atoms with Crippen molar-refractivity contribution in [3.05, 3.63) is 21.4 Å². The largest absolute Gasteiger partial charge is 0.369 e. The lowest BCUT2D eigenvalue weighted by molar-refractivity contribution is -0.143. The van der Waals surface area contributed by atoms with Crippen LogP contribution >= 0.6 is 11.3 Å². The van der Waals surface area contributed by atoms with Crippen molar-refractivity contribution in [3.63, 3.8) is 0 Å². The summed E-state index contributed by atoms with van der Waals surface area (Å²) in [7, 11) is 0. The highest BCUT2D eigenvalue weighted by molar-refractivity contribution is 7.14. The smallest absolute Gasteiger partial charge is 0.263 e. The number of hydrogen-bond donors (Lipinski definition) is 0. The van der Waals surface area contributed by atoms with Gasteiger partial charge in [0.1, 0.15) is 5.60 Å². The Morgan fingerprint density at radius 2 is 1.89 bits per heavy atom. The van der Waals surface area contributed by atoms with Crippen LogP contribution in [-0.4, -0.2) is 54.4 Å². The van der Waals surface area contributed by atoms with Crippen LogP contribution in [0.4, 0.5) is 0 Å². The van der Waals surface area contributed by atoms with Gasteiger partial charge in [0.05, 0.1) is 11.5 Å². The molecule has 0 radical (unpaired) electrons. The molecule has 2 fully saturated rings. The van der Waals surface area contributed by atoms with Crippen molar-refractivity contribution < 1.29 is 14.3 Å². The van der Waals surface area contributed by atoms with Gasteiger partial charge in [-0.3, -0.25) is 9.59 Å². The quantitative estimate of drug-likeness (QED) is 0.795. The van der Waals surface area contributed by atoms with E-state index in [9.17, 15) is 9.59 Å². The van der Waals surface area contributed by atoms with Crippen molar-refractivity contribution in [2.24, 2.45) is 5.92 Å². The molecule has 4 rings (SSSR count). The topological polar surface area (TPSA) is 49.9 Å². The maximum Gasteiger partial charge on any atom is 0.263 e. The number of carbonyl (C=O) groups is 2. The average molecular weight is 391 g/mol. The van der Waals surface area contributed by atoms with Crippen molar-refractivity contribution in [3.8, 4) is 0 Å². The summed E-state index contributed by atoms with van der Waals surface area (Å²) >= 11 is 1.64. The normalized spacial score (nSPS) is 22.7. The van der Waals surface area contributed by atoms with E-state index < -0.39 is 0 Å². The number of rotatable bonds is 3. The number of piperidine rings is 1. The molecule has 0 saturated carbocycles. The first kappa shape index (κ1) is 18.9. The van der Waals surface area contributed by atoms with Crippen LogP contribution in [0.3, 0.4) is 0 Å². The Bertz CT molecular complexity index is 715. The molecule has 0 aliphatic carbocycles. The Morgan fingerprint density at radius 1 is 1.19 bits per heavy atom. The van der Waals surface area contributed by atoms with Crippen LogP contribution in [0.1, 0.15) is 66.1 Å². The second-order valence-electron chi connectivity index (χ2n) is 8.19. The Morgan fingerprint density at radius 3 is 2.56 bits per heavy atom. The molecule has 0 bridgehead atoms. The highest BCUT2D eigenvalue weighted by Gasteiger charge is 2.44. The van der Waals surface area contributed by atoms with Gasteiger partial charge < -0.3 is 14.5 Å². The molecule has 4 heterocycles. The molecule has 5 nitrogen and oxygen atoms in total. The van der Waals surface area contributed by atoms with E-state index in [1.165, 1.54) is 10.4 Å². The molecule has 0 N–H and O–H groups in total. The molecular formula is C21H30N2O3S. The first-order valence-electron chi connectivity index (χ1n) is 10.4. The minimum Gasteiger partial charge on any atom is -0.369 e. The fraction of sp³-hybridized carbons (Fsp3) is 0.714. The molecule has 1 atom stereocenters. The maximum atomic E-state index is 12.8. The van der Waals surface area contributed by atoms with Gasteiger partial charge >= 0.3 is 0 Å². The Hall–Kier alpha value is -1.40. The second kappa shape index (κ2) is 7.55. The van der Waals surface area contributed by atoms with Crippen molar-refractivity contribution in [2.45, 2.75) is 58.0 Å². The predicted molar refractivity (Wildman–Crippen MR) is 106 cm³/mol. The number of thiophene rings is 1. The summed E-state index contributed by atoms with van der Waals surface area (Å²) in [4.78, 5) is 31.4. The molecule has 1 unspecified atom stereocenters. The predicted octanol–water partition coefficient (Wildman–Crippen LogP) is 3.42. The maximum absolute atomic E-state index is 12.8. The molecule has 27 heavy (non-hydrogen) atoms. The van der Waals surface area contributed by atoms with Crippen LogP contribution in [0.2, 0.25) is 0 Å². The van der Waals surface area contributed by atoms with Crippen LogP contribution in [-0.2, 0) is 21.6 Å². The third kappa shape index (κ3) is 3.42. The molecule has 2 saturated heterocycles. The standard InChI is InChI=1S/C21H30N2O3S/c1-3-15(2)19(24)23-11-7-21(8-12-23)18-16(6-13-26-21)14-17(27-18)20(25)22-9-4-5-10-22/h14-15H,3-13H2,1-2H3. The van der Waals surface area contributed by atoms with Crippen LogP contribution in [0.5, 0.6) is 0 Å².